The summed E-state index contributed by atoms with van der Waals surface area (Å²) >= 11 is 0. The highest BCUT2D eigenvalue weighted by Crippen LogP contribution is 2.41. The van der Waals surface area contributed by atoms with Gasteiger partial charge in [-0.25, -0.2) is 4.98 Å². The van der Waals surface area contributed by atoms with Crippen molar-refractivity contribution in [3.63, 3.8) is 0 Å². The standard InChI is InChI=1S/C15H21N5O6/c1-6(2)10(23)15(11(25-3)9(22)7(4-21)26-15)20-5-17-8-12(20)18-14(16)19-13(8)24/h5-7,9,11,21-22H,4H2,1-3H3,(H3,16,18,19,24)/t7-,9-,11-,15-/m1/s1. The number of nitrogens with two attached hydrogens (primary N) is 1. The van der Waals surface area contributed by atoms with E-state index >= 15 is 0 Å². The number of aromatic amines is 1. The predicted molar refractivity (Wildman–Crippen MR) is 89.1 cm³/mol. The van der Waals surface area contributed by atoms with Crippen LogP contribution in [0.1, 0.15) is 13.8 Å². The number of rotatable bonds is 5. The molecule has 1 aliphatic heterocycles. The highest BCUT2D eigenvalue weighted by molar-refractivity contribution is 5.89. The molecule has 0 spiro atoms. The minimum absolute atomic E-state index is 0.00749. The van der Waals surface area contributed by atoms with E-state index in [2.05, 4.69) is 15.0 Å². The zero-order valence-electron chi connectivity index (χ0n) is 14.5. The first-order chi connectivity index (χ1) is 12.3. The molecule has 0 amide bonds. The molecule has 1 saturated heterocycles. The lowest BCUT2D eigenvalue weighted by molar-refractivity contribution is -0.180. The van der Waals surface area contributed by atoms with E-state index in [-0.39, 0.29) is 17.1 Å². The van der Waals surface area contributed by atoms with E-state index in [1.807, 2.05) is 0 Å². The summed E-state index contributed by atoms with van der Waals surface area (Å²) in [5.74, 6) is -1.11. The van der Waals surface area contributed by atoms with Gasteiger partial charge in [-0.3, -0.25) is 19.1 Å². The van der Waals surface area contributed by atoms with Crippen LogP contribution in [0.2, 0.25) is 0 Å². The number of aliphatic hydroxyl groups excluding tert-OH is 2. The number of aliphatic hydroxyl groups is 2. The Morgan fingerprint density at radius 1 is 1.58 bits per heavy atom. The van der Waals surface area contributed by atoms with Crippen molar-refractivity contribution in [2.75, 3.05) is 19.5 Å². The van der Waals surface area contributed by atoms with Crippen LogP contribution < -0.4 is 11.3 Å². The molecule has 11 nitrogen and oxygen atoms in total. The number of nitrogens with zero attached hydrogens (tertiary/aromatic N) is 3. The summed E-state index contributed by atoms with van der Waals surface area (Å²) in [5, 5.41) is 20.0. The Bertz CT molecular complexity index is 892. The second-order valence-electron chi connectivity index (χ2n) is 6.44. The molecule has 2 aromatic heterocycles. The van der Waals surface area contributed by atoms with Crippen LogP contribution >= 0.6 is 0 Å². The maximum absolute atomic E-state index is 13.2. The van der Waals surface area contributed by atoms with Crippen molar-refractivity contribution in [3.8, 4) is 0 Å². The van der Waals surface area contributed by atoms with E-state index in [4.69, 9.17) is 15.2 Å². The normalized spacial score (nSPS) is 28.9. The van der Waals surface area contributed by atoms with Crippen LogP contribution in [-0.4, -0.2) is 67.5 Å². The van der Waals surface area contributed by atoms with Crippen LogP contribution in [0, 0.1) is 5.92 Å². The topological polar surface area (TPSA) is 166 Å². The highest BCUT2D eigenvalue weighted by Gasteiger charge is 2.61. The van der Waals surface area contributed by atoms with E-state index in [1.165, 1.54) is 18.0 Å². The molecule has 5 N–H and O–H groups in total. The largest absolute Gasteiger partial charge is 0.394 e. The molecular weight excluding hydrogens is 346 g/mol. The van der Waals surface area contributed by atoms with Gasteiger partial charge in [-0.1, -0.05) is 13.8 Å². The molecular formula is C15H21N5O6. The SMILES string of the molecule is CO[C@@H]1[C@H](O)[C@@H](CO)O[C@@]1(C(=O)C(C)C)n1cnc2c(=O)[nH]c(N)nc21. The third-order valence-electron chi connectivity index (χ3n) is 4.50. The molecule has 0 bridgehead atoms. The zero-order chi connectivity index (χ0) is 19.2. The third kappa shape index (κ3) is 2.43. The quantitative estimate of drug-likeness (QED) is 0.484. The van der Waals surface area contributed by atoms with Crippen LogP contribution in [0.4, 0.5) is 5.95 Å². The molecule has 142 valence electrons. The molecule has 26 heavy (non-hydrogen) atoms. The second kappa shape index (κ2) is 6.43. The molecule has 0 aromatic carbocycles. The first-order valence-corrected chi connectivity index (χ1v) is 8.05. The molecule has 3 rings (SSSR count). The van der Waals surface area contributed by atoms with Crippen molar-refractivity contribution in [1.29, 1.82) is 0 Å². The number of imidazole rings is 1. The number of hydrogen-bond acceptors (Lipinski definition) is 9. The van der Waals surface area contributed by atoms with Crippen molar-refractivity contribution in [2.24, 2.45) is 5.92 Å². The Balaban J connectivity index is 2.33. The van der Waals surface area contributed by atoms with Crippen LogP contribution in [0.25, 0.3) is 11.2 Å². The van der Waals surface area contributed by atoms with Gasteiger partial charge in [-0.2, -0.15) is 4.98 Å². The predicted octanol–water partition coefficient (Wildman–Crippen LogP) is -1.65. The van der Waals surface area contributed by atoms with Gasteiger partial charge in [0.25, 0.3) is 5.56 Å². The molecule has 1 aliphatic rings. The Kier molecular flexibility index (Phi) is 4.56. The van der Waals surface area contributed by atoms with Gasteiger partial charge < -0.3 is 25.4 Å². The highest BCUT2D eigenvalue weighted by atomic mass is 16.6. The first-order valence-electron chi connectivity index (χ1n) is 8.05. The van der Waals surface area contributed by atoms with E-state index in [9.17, 15) is 19.8 Å². The minimum Gasteiger partial charge on any atom is -0.394 e. The molecule has 1 fully saturated rings. The van der Waals surface area contributed by atoms with Crippen molar-refractivity contribution in [1.82, 2.24) is 19.5 Å². The van der Waals surface area contributed by atoms with Gasteiger partial charge in [0.05, 0.1) is 6.61 Å². The van der Waals surface area contributed by atoms with Crippen molar-refractivity contribution in [3.05, 3.63) is 16.7 Å². The summed E-state index contributed by atoms with van der Waals surface area (Å²) in [4.78, 5) is 35.6. The fourth-order valence-corrected chi connectivity index (χ4v) is 3.33. The second-order valence-corrected chi connectivity index (χ2v) is 6.44. The van der Waals surface area contributed by atoms with Gasteiger partial charge in [0.2, 0.25) is 11.7 Å². The van der Waals surface area contributed by atoms with Crippen LogP contribution in [0.5, 0.6) is 0 Å². The number of Topliss-reactive ketones (excluding diaryl/α,β-unsaturated/α-hetero) is 1. The maximum atomic E-state index is 13.2. The van der Waals surface area contributed by atoms with Gasteiger partial charge in [0.15, 0.2) is 16.9 Å². The molecule has 0 aliphatic carbocycles. The zero-order valence-corrected chi connectivity index (χ0v) is 14.5. The third-order valence-corrected chi connectivity index (χ3v) is 4.50. The summed E-state index contributed by atoms with van der Waals surface area (Å²) in [6.07, 6.45) is -2.30. The number of fused-ring (bicyclic) bond motifs is 1. The number of nitrogen functional groups attached to an aromatic ring is 1. The molecule has 2 aromatic rings. The summed E-state index contributed by atoms with van der Waals surface area (Å²) in [6, 6.07) is 0. The van der Waals surface area contributed by atoms with Gasteiger partial charge in [0, 0.05) is 13.0 Å². The molecule has 3 heterocycles. The fourth-order valence-electron chi connectivity index (χ4n) is 3.33. The minimum atomic E-state index is -1.86. The number of carbonyl (C=O) groups is 1. The lowest BCUT2D eigenvalue weighted by Gasteiger charge is -2.35. The number of H-pyrrole nitrogens is 1. The number of nitrogens with one attached hydrogen (secondary N) is 1. The number of methoxy groups -OCH3 is 1. The van der Waals surface area contributed by atoms with Gasteiger partial charge in [-0.15, -0.1) is 0 Å². The molecule has 11 heteroatoms. The van der Waals surface area contributed by atoms with Crippen LogP contribution in [0.15, 0.2) is 11.1 Å². The number of anilines is 1. The van der Waals surface area contributed by atoms with E-state index in [1.54, 1.807) is 13.8 Å². The monoisotopic (exact) mass is 367 g/mol. The Hall–Kier alpha value is -2.34. The van der Waals surface area contributed by atoms with Crippen molar-refractivity contribution in [2.45, 2.75) is 37.9 Å². The van der Waals surface area contributed by atoms with Gasteiger partial charge in [0.1, 0.15) is 24.6 Å². The lowest BCUT2D eigenvalue weighted by atomic mass is 9.91. The van der Waals surface area contributed by atoms with Crippen LogP contribution in [0.3, 0.4) is 0 Å². The number of ketones is 1. The molecule has 0 radical (unpaired) electrons. The van der Waals surface area contributed by atoms with Gasteiger partial charge in [-0.05, 0) is 0 Å². The van der Waals surface area contributed by atoms with E-state index in [0.717, 1.165) is 0 Å². The summed E-state index contributed by atoms with van der Waals surface area (Å²) in [5.41, 5.74) is 3.14. The average Bonchev–Trinajstić information content (AvgIpc) is 3.13. The smallest absolute Gasteiger partial charge is 0.280 e. The molecule has 0 saturated carbocycles. The number of carbonyl (C=O) groups excluding carboxylic acids is 1. The molecule has 0 unspecified atom stereocenters. The van der Waals surface area contributed by atoms with Crippen molar-refractivity contribution < 1.29 is 24.5 Å². The summed E-state index contributed by atoms with van der Waals surface area (Å²) in [7, 11) is 1.31. The van der Waals surface area contributed by atoms with Crippen LogP contribution in [-0.2, 0) is 20.0 Å². The number of hydrogen-bond donors (Lipinski definition) is 4. The Morgan fingerprint density at radius 2 is 2.27 bits per heavy atom. The average molecular weight is 367 g/mol. The maximum Gasteiger partial charge on any atom is 0.280 e. The van der Waals surface area contributed by atoms with Gasteiger partial charge >= 0.3 is 0 Å². The number of ether oxygens (including phenoxy) is 2. The fraction of sp³-hybridized carbons (Fsp3) is 0.600. The summed E-state index contributed by atoms with van der Waals surface area (Å²) < 4.78 is 12.4. The van der Waals surface area contributed by atoms with E-state index in [0.29, 0.717) is 0 Å². The Labute approximate surface area is 147 Å². The summed E-state index contributed by atoms with van der Waals surface area (Å²) in [6.45, 7) is 2.79. The Morgan fingerprint density at radius 3 is 2.85 bits per heavy atom. The molecule has 4 atom stereocenters. The number of aromatic nitrogens is 4. The first kappa shape index (κ1) is 18.5. The van der Waals surface area contributed by atoms with Crippen molar-refractivity contribution >= 4 is 22.9 Å². The van der Waals surface area contributed by atoms with E-state index < -0.39 is 47.9 Å². The lowest BCUT2D eigenvalue weighted by Crippen LogP contribution is -2.54.